The first kappa shape index (κ1) is 13.5. The summed E-state index contributed by atoms with van der Waals surface area (Å²) < 4.78 is 0. The van der Waals surface area contributed by atoms with Gasteiger partial charge in [0.25, 0.3) is 0 Å². The number of ketones is 1. The second-order valence-corrected chi connectivity index (χ2v) is 5.43. The number of Topliss-reactive ketones (excluding diaryl/α,β-unsaturated/α-hetero) is 1. The maximum atomic E-state index is 12.0. The molecule has 0 fully saturated rings. The molecule has 1 heterocycles. The summed E-state index contributed by atoms with van der Waals surface area (Å²) in [6.07, 6.45) is 11.6. The van der Waals surface area contributed by atoms with E-state index in [1.54, 1.807) is 6.20 Å². The van der Waals surface area contributed by atoms with Gasteiger partial charge in [-0.25, -0.2) is 4.98 Å². The number of carbonyl (C=O) groups excluding carboxylic acids is 1. The summed E-state index contributed by atoms with van der Waals surface area (Å²) in [5.41, 5.74) is 1.76. The molecule has 2 bridgehead atoms. The lowest BCUT2D eigenvalue weighted by molar-refractivity contribution is 0.0978. The highest BCUT2D eigenvalue weighted by atomic mass is 35.5. The normalized spacial score (nSPS) is 18.6. The predicted molar refractivity (Wildman–Crippen MR) is 74.2 cm³/mol. The molecule has 0 spiro atoms. The van der Waals surface area contributed by atoms with Crippen molar-refractivity contribution in [3.05, 3.63) is 28.5 Å². The Balaban J connectivity index is 2.14. The summed E-state index contributed by atoms with van der Waals surface area (Å²) in [5.74, 6) is 0.208. The molecule has 0 saturated heterocycles. The van der Waals surface area contributed by atoms with E-state index in [2.05, 4.69) is 4.98 Å². The number of aryl methyl sites for hydroxylation is 1. The van der Waals surface area contributed by atoms with Crippen LogP contribution in [-0.4, -0.2) is 10.8 Å². The Morgan fingerprint density at radius 1 is 0.944 bits per heavy atom. The van der Waals surface area contributed by atoms with E-state index in [4.69, 9.17) is 11.6 Å². The Labute approximate surface area is 114 Å². The van der Waals surface area contributed by atoms with Crippen LogP contribution in [0.4, 0.5) is 0 Å². The van der Waals surface area contributed by atoms with E-state index in [-0.39, 0.29) is 5.78 Å². The van der Waals surface area contributed by atoms with Crippen LogP contribution in [0.15, 0.2) is 12.3 Å². The average Bonchev–Trinajstić information content (AvgIpc) is 2.38. The van der Waals surface area contributed by atoms with E-state index in [0.29, 0.717) is 11.6 Å². The second-order valence-electron chi connectivity index (χ2n) is 5.07. The lowest BCUT2D eigenvalue weighted by Crippen LogP contribution is -2.02. The summed E-state index contributed by atoms with van der Waals surface area (Å²) in [6.45, 7) is 0. The summed E-state index contributed by atoms with van der Waals surface area (Å²) in [7, 11) is 0. The van der Waals surface area contributed by atoms with E-state index in [1.165, 1.54) is 32.1 Å². The zero-order valence-electron chi connectivity index (χ0n) is 10.8. The molecule has 2 nitrogen and oxygen atoms in total. The third-order valence-corrected chi connectivity index (χ3v) is 3.92. The fourth-order valence-corrected chi connectivity index (χ4v) is 2.65. The van der Waals surface area contributed by atoms with Gasteiger partial charge in [0.05, 0.1) is 0 Å². The van der Waals surface area contributed by atoms with Gasteiger partial charge in [-0.05, 0) is 30.9 Å². The second kappa shape index (κ2) is 6.89. The number of hydrogen-bond donors (Lipinski definition) is 0. The van der Waals surface area contributed by atoms with Gasteiger partial charge < -0.3 is 0 Å². The molecular weight excluding hydrogens is 246 g/mol. The minimum absolute atomic E-state index is 0.208. The zero-order valence-corrected chi connectivity index (χ0v) is 11.5. The van der Waals surface area contributed by atoms with Crippen LogP contribution >= 0.6 is 11.6 Å². The van der Waals surface area contributed by atoms with Crippen LogP contribution < -0.4 is 0 Å². The number of rotatable bonds is 0. The van der Waals surface area contributed by atoms with Gasteiger partial charge in [0, 0.05) is 18.2 Å². The van der Waals surface area contributed by atoms with Crippen LogP contribution in [0.25, 0.3) is 0 Å². The molecule has 1 aromatic heterocycles. The Kier molecular flexibility index (Phi) is 5.18. The van der Waals surface area contributed by atoms with Crippen LogP contribution in [0.2, 0.25) is 5.15 Å². The molecule has 0 aromatic carbocycles. The first-order valence-corrected chi connectivity index (χ1v) is 7.33. The summed E-state index contributed by atoms with van der Waals surface area (Å²) in [5, 5.41) is 0.557. The fraction of sp³-hybridized carbons (Fsp3) is 0.600. The molecule has 2 rings (SSSR count). The highest BCUT2D eigenvalue weighted by Gasteiger charge is 2.10. The summed E-state index contributed by atoms with van der Waals surface area (Å²) in [6, 6.07) is 1.94. The van der Waals surface area contributed by atoms with E-state index < -0.39 is 0 Å². The van der Waals surface area contributed by atoms with Gasteiger partial charge in [0.15, 0.2) is 5.78 Å². The van der Waals surface area contributed by atoms with E-state index in [1.807, 2.05) is 6.07 Å². The van der Waals surface area contributed by atoms with Gasteiger partial charge in [-0.2, -0.15) is 0 Å². The Hall–Kier alpha value is -0.890. The van der Waals surface area contributed by atoms with Crippen LogP contribution in [0, 0.1) is 0 Å². The number of halogens is 1. The third kappa shape index (κ3) is 3.81. The molecule has 0 atom stereocenters. The Morgan fingerprint density at radius 2 is 1.56 bits per heavy atom. The lowest BCUT2D eigenvalue weighted by Gasteiger charge is -2.06. The molecule has 0 saturated carbocycles. The largest absolute Gasteiger partial charge is 0.294 e. The van der Waals surface area contributed by atoms with Crippen molar-refractivity contribution in [2.75, 3.05) is 0 Å². The van der Waals surface area contributed by atoms with E-state index in [9.17, 15) is 4.79 Å². The van der Waals surface area contributed by atoms with Crippen molar-refractivity contribution in [2.45, 2.75) is 57.8 Å². The van der Waals surface area contributed by atoms with Gasteiger partial charge in [-0.3, -0.25) is 4.79 Å². The Bertz CT molecular complexity index is 417. The molecule has 3 heteroatoms. The lowest BCUT2D eigenvalue weighted by atomic mass is 10.0. The average molecular weight is 266 g/mol. The number of nitrogens with zero attached hydrogens (tertiary/aromatic N) is 1. The Morgan fingerprint density at radius 3 is 2.28 bits per heavy atom. The first-order chi connectivity index (χ1) is 8.77. The number of fused-ring (bicyclic) bond motifs is 2. The minimum Gasteiger partial charge on any atom is -0.294 e. The summed E-state index contributed by atoms with van der Waals surface area (Å²) in [4.78, 5) is 16.2. The number of pyridine rings is 1. The standard InChI is InChI=1S/C15H20ClNO/c16-15-12-8-6-4-2-1-3-5-7-9-14(18)13(10-12)11-17-15/h10-11H,1-9H2. The predicted octanol–water partition coefficient (Wildman–Crippen LogP) is 4.59. The van der Waals surface area contributed by atoms with Crippen LogP contribution in [-0.2, 0) is 6.42 Å². The van der Waals surface area contributed by atoms with Crippen molar-refractivity contribution in [1.82, 2.24) is 4.98 Å². The van der Waals surface area contributed by atoms with Crippen molar-refractivity contribution in [3.63, 3.8) is 0 Å². The van der Waals surface area contributed by atoms with Gasteiger partial charge in [-0.1, -0.05) is 43.7 Å². The number of aromatic nitrogens is 1. The molecule has 18 heavy (non-hydrogen) atoms. The van der Waals surface area contributed by atoms with Gasteiger partial charge in [0.1, 0.15) is 5.15 Å². The zero-order chi connectivity index (χ0) is 12.8. The molecule has 1 aliphatic carbocycles. The van der Waals surface area contributed by atoms with Crippen LogP contribution in [0.3, 0.4) is 0 Å². The fourth-order valence-electron chi connectivity index (χ4n) is 2.45. The van der Waals surface area contributed by atoms with Crippen LogP contribution in [0.1, 0.15) is 67.3 Å². The molecule has 0 N–H and O–H groups in total. The highest BCUT2D eigenvalue weighted by Crippen LogP contribution is 2.20. The van der Waals surface area contributed by atoms with Crippen LogP contribution in [0.5, 0.6) is 0 Å². The van der Waals surface area contributed by atoms with Crippen molar-refractivity contribution in [2.24, 2.45) is 0 Å². The van der Waals surface area contributed by atoms with E-state index >= 15 is 0 Å². The van der Waals surface area contributed by atoms with Crippen molar-refractivity contribution < 1.29 is 4.79 Å². The first-order valence-electron chi connectivity index (χ1n) is 6.95. The maximum Gasteiger partial charge on any atom is 0.164 e. The minimum atomic E-state index is 0.208. The van der Waals surface area contributed by atoms with Gasteiger partial charge in [-0.15, -0.1) is 0 Å². The number of carbonyl (C=O) groups is 1. The molecule has 1 aromatic rings. The molecule has 1 aliphatic rings. The number of hydrogen-bond acceptors (Lipinski definition) is 2. The van der Waals surface area contributed by atoms with Gasteiger partial charge >= 0.3 is 0 Å². The monoisotopic (exact) mass is 265 g/mol. The van der Waals surface area contributed by atoms with Gasteiger partial charge in [0.2, 0.25) is 0 Å². The highest BCUT2D eigenvalue weighted by molar-refractivity contribution is 6.30. The topological polar surface area (TPSA) is 30.0 Å². The van der Waals surface area contributed by atoms with Crippen molar-refractivity contribution in [3.8, 4) is 0 Å². The SMILES string of the molecule is O=C1CCCCCCCCCc2cc1cnc2Cl. The smallest absolute Gasteiger partial charge is 0.164 e. The van der Waals surface area contributed by atoms with Crippen molar-refractivity contribution in [1.29, 1.82) is 0 Å². The third-order valence-electron chi connectivity index (χ3n) is 3.58. The molecular formula is C15H20ClNO. The quantitative estimate of drug-likeness (QED) is 0.642. The molecule has 0 aliphatic heterocycles. The van der Waals surface area contributed by atoms with E-state index in [0.717, 1.165) is 30.4 Å². The summed E-state index contributed by atoms with van der Waals surface area (Å²) >= 11 is 6.08. The molecule has 0 unspecified atom stereocenters. The van der Waals surface area contributed by atoms with Crippen molar-refractivity contribution >= 4 is 17.4 Å². The molecule has 98 valence electrons. The molecule has 0 radical (unpaired) electrons. The maximum absolute atomic E-state index is 12.0. The molecule has 0 amide bonds.